The van der Waals surface area contributed by atoms with Crippen LogP contribution in [-0.4, -0.2) is 40.9 Å². The summed E-state index contributed by atoms with van der Waals surface area (Å²) in [6.07, 6.45) is 1.06. The van der Waals surface area contributed by atoms with Gasteiger partial charge in [0.2, 0.25) is 11.8 Å². The van der Waals surface area contributed by atoms with Crippen LogP contribution in [0.5, 0.6) is 0 Å². The van der Waals surface area contributed by atoms with Gasteiger partial charge in [0.15, 0.2) is 5.03 Å². The van der Waals surface area contributed by atoms with Crippen molar-refractivity contribution < 1.29 is 14.6 Å². The van der Waals surface area contributed by atoms with E-state index < -0.39 is 16.6 Å². The SMILES string of the molecule is CCC(=O)N[C@@H](CCCN=C(N)N[N+](=O)[O-])C(=O)NC(C)(C)C. The number of hydrogen-bond donors (Lipinski definition) is 4. The minimum absolute atomic E-state index is 0.202. The Kier molecular flexibility index (Phi) is 8.59. The zero-order valence-corrected chi connectivity index (χ0v) is 14.0. The summed E-state index contributed by atoms with van der Waals surface area (Å²) < 4.78 is 0. The van der Waals surface area contributed by atoms with Crippen LogP contribution in [0.2, 0.25) is 0 Å². The second kappa shape index (κ2) is 9.59. The van der Waals surface area contributed by atoms with E-state index in [4.69, 9.17) is 5.73 Å². The highest BCUT2D eigenvalue weighted by Crippen LogP contribution is 2.04. The molecule has 132 valence electrons. The zero-order chi connectivity index (χ0) is 18.0. The van der Waals surface area contributed by atoms with Gasteiger partial charge < -0.3 is 16.4 Å². The number of hydrogen-bond acceptors (Lipinski definition) is 5. The molecule has 0 aliphatic heterocycles. The van der Waals surface area contributed by atoms with Crippen molar-refractivity contribution >= 4 is 17.8 Å². The lowest BCUT2D eigenvalue weighted by atomic mass is 10.1. The third-order valence-electron chi connectivity index (χ3n) is 2.61. The van der Waals surface area contributed by atoms with Crippen molar-refractivity contribution in [3.8, 4) is 0 Å². The molecule has 0 aromatic heterocycles. The molecule has 0 aromatic rings. The summed E-state index contributed by atoms with van der Waals surface area (Å²) in [7, 11) is 0. The molecule has 1 atom stereocenters. The average molecular weight is 330 g/mol. The smallest absolute Gasteiger partial charge is 0.251 e. The third kappa shape index (κ3) is 10.9. The minimum atomic E-state index is -0.806. The number of carbonyl (C=O) groups is 2. The van der Waals surface area contributed by atoms with Crippen molar-refractivity contribution in [3.05, 3.63) is 10.1 Å². The van der Waals surface area contributed by atoms with Gasteiger partial charge in [-0.05, 0) is 33.6 Å². The van der Waals surface area contributed by atoms with Crippen LogP contribution in [0.1, 0.15) is 47.0 Å². The first-order valence-corrected chi connectivity index (χ1v) is 7.37. The molecule has 0 saturated heterocycles. The van der Waals surface area contributed by atoms with Crippen LogP contribution >= 0.6 is 0 Å². The van der Waals surface area contributed by atoms with Gasteiger partial charge in [-0.1, -0.05) is 12.3 Å². The maximum atomic E-state index is 12.2. The summed E-state index contributed by atoms with van der Waals surface area (Å²) >= 11 is 0. The van der Waals surface area contributed by atoms with E-state index in [-0.39, 0.29) is 30.7 Å². The molecule has 0 unspecified atom stereocenters. The number of guanidine groups is 1. The second-order valence-electron chi connectivity index (χ2n) is 5.99. The molecular weight excluding hydrogens is 304 g/mol. The van der Waals surface area contributed by atoms with E-state index in [0.29, 0.717) is 12.8 Å². The molecule has 0 saturated carbocycles. The van der Waals surface area contributed by atoms with Crippen molar-refractivity contribution in [2.45, 2.75) is 58.5 Å². The number of hydrazine groups is 1. The summed E-state index contributed by atoms with van der Waals surface area (Å²) in [5, 5.41) is 14.8. The van der Waals surface area contributed by atoms with E-state index in [1.807, 2.05) is 20.8 Å². The van der Waals surface area contributed by atoms with Crippen LogP contribution in [-0.2, 0) is 9.59 Å². The monoisotopic (exact) mass is 330 g/mol. The molecule has 0 rings (SSSR count). The molecule has 23 heavy (non-hydrogen) atoms. The first kappa shape index (κ1) is 20.6. The Balaban J connectivity index is 4.56. The lowest BCUT2D eigenvalue weighted by Gasteiger charge is -2.25. The molecule has 10 nitrogen and oxygen atoms in total. The maximum Gasteiger partial charge on any atom is 0.251 e. The number of rotatable bonds is 8. The fourth-order valence-corrected chi connectivity index (χ4v) is 1.65. The Morgan fingerprint density at radius 3 is 2.43 bits per heavy atom. The molecule has 0 spiro atoms. The van der Waals surface area contributed by atoms with Gasteiger partial charge in [0.1, 0.15) is 6.04 Å². The molecule has 0 radical (unpaired) electrons. The van der Waals surface area contributed by atoms with Gasteiger partial charge in [-0.2, -0.15) is 0 Å². The van der Waals surface area contributed by atoms with E-state index in [9.17, 15) is 19.7 Å². The van der Waals surface area contributed by atoms with Crippen LogP contribution in [0, 0.1) is 10.1 Å². The van der Waals surface area contributed by atoms with E-state index >= 15 is 0 Å². The third-order valence-corrected chi connectivity index (χ3v) is 2.61. The largest absolute Gasteiger partial charge is 0.365 e. The van der Waals surface area contributed by atoms with Crippen LogP contribution in [0.4, 0.5) is 0 Å². The molecular formula is C13H26N6O4. The highest BCUT2D eigenvalue weighted by atomic mass is 16.7. The Morgan fingerprint density at radius 1 is 1.35 bits per heavy atom. The summed E-state index contributed by atoms with van der Waals surface area (Å²) in [5.74, 6) is -0.806. The first-order chi connectivity index (χ1) is 10.5. The van der Waals surface area contributed by atoms with Gasteiger partial charge in [-0.15, -0.1) is 0 Å². The summed E-state index contributed by atoms with van der Waals surface area (Å²) in [5.41, 5.74) is 6.60. The van der Waals surface area contributed by atoms with Crippen molar-refractivity contribution in [3.63, 3.8) is 0 Å². The van der Waals surface area contributed by atoms with E-state index in [0.717, 1.165) is 0 Å². The van der Waals surface area contributed by atoms with E-state index in [2.05, 4.69) is 15.6 Å². The number of amides is 2. The molecule has 0 aliphatic carbocycles. The molecule has 0 fully saturated rings. The number of nitrogens with two attached hydrogens (primary N) is 1. The highest BCUT2D eigenvalue weighted by molar-refractivity contribution is 5.87. The predicted molar refractivity (Wildman–Crippen MR) is 86.0 cm³/mol. The van der Waals surface area contributed by atoms with Gasteiger partial charge in [0, 0.05) is 18.5 Å². The molecule has 5 N–H and O–H groups in total. The standard InChI is InChI=1S/C13H26N6O4/c1-5-10(20)16-9(11(21)17-13(2,3)4)7-6-8-15-12(14)18-19(22)23/h9H,5-8H2,1-4H3,(H,16,20)(H,17,21)(H3,14,15,18)/t9-/m0/s1. The Morgan fingerprint density at radius 2 is 1.96 bits per heavy atom. The quantitative estimate of drug-likeness (QED) is 0.157. The zero-order valence-electron chi connectivity index (χ0n) is 14.0. The van der Waals surface area contributed by atoms with Crippen LogP contribution in [0.15, 0.2) is 4.99 Å². The normalized spacial score (nSPS) is 13.1. The molecule has 2 amide bonds. The summed E-state index contributed by atoms with van der Waals surface area (Å²) in [6, 6.07) is -0.679. The molecule has 0 heterocycles. The van der Waals surface area contributed by atoms with Crippen molar-refractivity contribution in [1.82, 2.24) is 16.1 Å². The lowest BCUT2D eigenvalue weighted by molar-refractivity contribution is -0.525. The number of carbonyl (C=O) groups excluding carboxylic acids is 2. The van der Waals surface area contributed by atoms with Gasteiger partial charge >= 0.3 is 0 Å². The predicted octanol–water partition coefficient (Wildman–Crippen LogP) is -0.328. The van der Waals surface area contributed by atoms with Gasteiger partial charge in [0.05, 0.1) is 0 Å². The maximum absolute atomic E-state index is 12.2. The van der Waals surface area contributed by atoms with Crippen LogP contribution < -0.4 is 21.8 Å². The number of aliphatic imine (C=N–C) groups is 1. The molecule has 10 heteroatoms. The number of nitro groups is 1. The number of nitrogens with one attached hydrogen (secondary N) is 3. The summed E-state index contributed by atoms with van der Waals surface area (Å²) in [6.45, 7) is 7.43. The Bertz CT molecular complexity index is 458. The Hall–Kier alpha value is -2.39. The van der Waals surface area contributed by atoms with Gasteiger partial charge in [-0.25, -0.2) is 15.1 Å². The second-order valence-corrected chi connectivity index (χ2v) is 5.99. The van der Waals surface area contributed by atoms with Crippen LogP contribution in [0.3, 0.4) is 0 Å². The fraction of sp³-hybridized carbons (Fsp3) is 0.769. The lowest BCUT2D eigenvalue weighted by Crippen LogP contribution is -2.52. The molecule has 0 bridgehead atoms. The van der Waals surface area contributed by atoms with Gasteiger partial charge in [0.25, 0.3) is 5.96 Å². The van der Waals surface area contributed by atoms with Gasteiger partial charge in [-0.3, -0.25) is 9.59 Å². The fourth-order valence-electron chi connectivity index (χ4n) is 1.65. The van der Waals surface area contributed by atoms with Crippen molar-refractivity contribution in [2.75, 3.05) is 6.54 Å². The first-order valence-electron chi connectivity index (χ1n) is 7.37. The van der Waals surface area contributed by atoms with Crippen molar-refractivity contribution in [1.29, 1.82) is 0 Å². The molecule has 0 aromatic carbocycles. The Labute approximate surface area is 135 Å². The average Bonchev–Trinajstić information content (AvgIpc) is 2.38. The van der Waals surface area contributed by atoms with E-state index in [1.165, 1.54) is 0 Å². The highest BCUT2D eigenvalue weighted by Gasteiger charge is 2.23. The summed E-state index contributed by atoms with van der Waals surface area (Å²) in [4.78, 5) is 37.7. The molecule has 0 aliphatic rings. The minimum Gasteiger partial charge on any atom is -0.365 e. The van der Waals surface area contributed by atoms with Crippen molar-refractivity contribution in [2.24, 2.45) is 10.7 Å². The van der Waals surface area contributed by atoms with E-state index in [1.54, 1.807) is 12.3 Å². The number of nitrogens with zero attached hydrogens (tertiary/aromatic N) is 2. The topological polar surface area (TPSA) is 152 Å². The van der Waals surface area contributed by atoms with Crippen LogP contribution in [0.25, 0.3) is 0 Å².